The Kier molecular flexibility index (Phi) is 9.72. The van der Waals surface area contributed by atoms with Gasteiger partial charge in [0.2, 0.25) is 0 Å². The fourth-order valence-corrected chi connectivity index (χ4v) is 7.35. The molecule has 1 aliphatic heterocycles. The topological polar surface area (TPSA) is 51.1 Å². The predicted octanol–water partition coefficient (Wildman–Crippen LogP) is 8.67. The molecule has 2 aromatic carbocycles. The molecule has 39 heavy (non-hydrogen) atoms. The van der Waals surface area contributed by atoms with E-state index in [9.17, 15) is 4.79 Å². The van der Waals surface area contributed by atoms with Crippen LogP contribution in [0.1, 0.15) is 87.8 Å². The van der Waals surface area contributed by atoms with Crippen molar-refractivity contribution in [1.29, 1.82) is 0 Å². The third-order valence-corrected chi connectivity index (χ3v) is 9.36. The van der Waals surface area contributed by atoms with Crippen LogP contribution < -0.4 is 9.47 Å². The minimum Gasteiger partial charge on any atom is -0.490 e. The fraction of sp³-hybridized carbons (Fsp3) is 0.500. The lowest BCUT2D eigenvalue weighted by molar-refractivity contribution is -0.124. The lowest BCUT2D eigenvalue weighted by atomic mass is 9.94. The van der Waals surface area contributed by atoms with Gasteiger partial charge in [-0.2, -0.15) is 0 Å². The average molecular weight is 612 g/mol. The van der Waals surface area contributed by atoms with Crippen LogP contribution in [0.15, 0.2) is 50.8 Å². The van der Waals surface area contributed by atoms with Gasteiger partial charge in [0.25, 0.3) is 5.91 Å². The van der Waals surface area contributed by atoms with E-state index in [0.717, 1.165) is 51.4 Å². The molecule has 0 aromatic heterocycles. The molecule has 1 amide bonds. The number of ether oxygens (including phenoxy) is 2. The molecule has 0 spiro atoms. The zero-order valence-corrected chi connectivity index (χ0v) is 25.5. The summed E-state index contributed by atoms with van der Waals surface area (Å²) in [4.78, 5) is 21.7. The summed E-state index contributed by atoms with van der Waals surface area (Å²) in [5.41, 5.74) is 3.23. The van der Waals surface area contributed by atoms with E-state index in [1.165, 1.54) is 44.1 Å². The Balaban J connectivity index is 1.41. The number of hydrogen-bond acceptors (Lipinski definition) is 5. The lowest BCUT2D eigenvalue weighted by Gasteiger charge is -2.31. The molecule has 208 valence electrons. The van der Waals surface area contributed by atoms with Crippen LogP contribution in [-0.2, 0) is 11.4 Å². The molecule has 0 unspecified atom stereocenters. The molecule has 2 aliphatic carbocycles. The maximum absolute atomic E-state index is 13.8. The number of amides is 1. The Bertz CT molecular complexity index is 1210. The third-order valence-electron chi connectivity index (χ3n) is 7.78. The summed E-state index contributed by atoms with van der Waals surface area (Å²) in [6, 6.07) is 12.9. The first-order chi connectivity index (χ1) is 19.0. The van der Waals surface area contributed by atoms with Gasteiger partial charge in [-0.1, -0.05) is 68.4 Å². The summed E-state index contributed by atoms with van der Waals surface area (Å²) in [6.07, 6.45) is 13.8. The highest BCUT2D eigenvalue weighted by atomic mass is 79.9. The Morgan fingerprint density at radius 2 is 1.69 bits per heavy atom. The molecule has 1 heterocycles. The molecule has 5 nitrogen and oxygen atoms in total. The van der Waals surface area contributed by atoms with Crippen molar-refractivity contribution in [2.75, 3.05) is 6.61 Å². The molecule has 0 bridgehead atoms. The van der Waals surface area contributed by atoms with E-state index in [1.54, 1.807) is 11.8 Å². The van der Waals surface area contributed by atoms with Gasteiger partial charge in [0, 0.05) is 6.04 Å². The van der Waals surface area contributed by atoms with Gasteiger partial charge >= 0.3 is 0 Å². The molecule has 3 fully saturated rings. The second kappa shape index (κ2) is 13.4. The number of rotatable bonds is 8. The number of carbonyl (C=O) groups is 1. The monoisotopic (exact) mass is 610 g/mol. The first-order valence-electron chi connectivity index (χ1n) is 14.5. The summed E-state index contributed by atoms with van der Waals surface area (Å²) >= 11 is 5.26. The zero-order valence-electron chi connectivity index (χ0n) is 23.1. The highest BCUT2D eigenvalue weighted by Crippen LogP contribution is 2.41. The molecule has 1 saturated heterocycles. The number of aliphatic imine (C=N–C) groups is 1. The highest BCUT2D eigenvalue weighted by molar-refractivity contribution is 9.10. The number of carbonyl (C=O) groups excluding carboxylic acids is 1. The third kappa shape index (κ3) is 7.10. The van der Waals surface area contributed by atoms with E-state index in [-0.39, 0.29) is 11.9 Å². The Hall–Kier alpha value is -2.25. The summed E-state index contributed by atoms with van der Waals surface area (Å²) in [5, 5.41) is 0.909. The minimum absolute atomic E-state index is 0.0928. The van der Waals surface area contributed by atoms with E-state index >= 15 is 0 Å². The Morgan fingerprint density at radius 3 is 2.38 bits per heavy atom. The molecule has 7 heteroatoms. The summed E-state index contributed by atoms with van der Waals surface area (Å²) in [6.45, 7) is 5.02. The van der Waals surface area contributed by atoms with Crippen molar-refractivity contribution in [1.82, 2.24) is 4.90 Å². The van der Waals surface area contributed by atoms with E-state index < -0.39 is 0 Å². The molecule has 3 aliphatic rings. The molecule has 0 atom stereocenters. The zero-order chi connectivity index (χ0) is 27.2. The van der Waals surface area contributed by atoms with Crippen molar-refractivity contribution >= 4 is 44.8 Å². The number of halogens is 1. The van der Waals surface area contributed by atoms with Crippen LogP contribution in [0.4, 0.5) is 0 Å². The van der Waals surface area contributed by atoms with Crippen molar-refractivity contribution in [2.45, 2.75) is 96.7 Å². The SMILES string of the molecule is CCOc1cc(C=C2SC(=NC3CCCCC3)N(C3CCCCC3)C2=O)cc(Br)c1OCc1ccc(C)cc1. The summed E-state index contributed by atoms with van der Waals surface area (Å²) in [7, 11) is 0. The Labute approximate surface area is 245 Å². The Morgan fingerprint density at radius 1 is 1.00 bits per heavy atom. The second-order valence-electron chi connectivity index (χ2n) is 10.8. The van der Waals surface area contributed by atoms with Gasteiger partial charge in [-0.25, -0.2) is 0 Å². The normalized spacial score (nSPS) is 21.2. The maximum Gasteiger partial charge on any atom is 0.266 e. The molecule has 2 aromatic rings. The van der Waals surface area contributed by atoms with Crippen LogP contribution in [0, 0.1) is 6.92 Å². The molecule has 0 N–H and O–H groups in total. The summed E-state index contributed by atoms with van der Waals surface area (Å²) in [5.74, 6) is 1.44. The number of amidine groups is 1. The van der Waals surface area contributed by atoms with E-state index in [2.05, 4.69) is 47.1 Å². The van der Waals surface area contributed by atoms with Gasteiger partial charge in [-0.15, -0.1) is 0 Å². The molecular formula is C32H39BrN2O3S. The van der Waals surface area contributed by atoms with Gasteiger partial charge in [-0.05, 0) is 96.6 Å². The predicted molar refractivity (Wildman–Crippen MR) is 164 cm³/mol. The molecular weight excluding hydrogens is 572 g/mol. The van der Waals surface area contributed by atoms with Gasteiger partial charge in [0.1, 0.15) is 6.61 Å². The van der Waals surface area contributed by atoms with E-state index in [4.69, 9.17) is 14.5 Å². The number of aryl methyl sites for hydroxylation is 1. The molecule has 5 rings (SSSR count). The maximum atomic E-state index is 13.8. The van der Waals surface area contributed by atoms with Crippen LogP contribution in [0.3, 0.4) is 0 Å². The van der Waals surface area contributed by atoms with Crippen LogP contribution in [0.25, 0.3) is 6.08 Å². The van der Waals surface area contributed by atoms with Crippen molar-refractivity contribution < 1.29 is 14.3 Å². The molecule has 2 saturated carbocycles. The first-order valence-corrected chi connectivity index (χ1v) is 16.1. The first kappa shape index (κ1) is 28.3. The van der Waals surface area contributed by atoms with Crippen molar-refractivity contribution in [3.63, 3.8) is 0 Å². The number of nitrogens with zero attached hydrogens (tertiary/aromatic N) is 2. The minimum atomic E-state index is 0.0928. The standard InChI is InChI=1S/C32H39BrN2O3S/c1-3-37-28-19-24(18-27(33)30(28)38-21-23-16-14-22(2)15-17-23)20-29-31(36)35(26-12-8-5-9-13-26)32(39-29)34-25-10-6-4-7-11-25/h14-20,25-26H,3-13,21H2,1-2H3. The van der Waals surface area contributed by atoms with Gasteiger partial charge in [-0.3, -0.25) is 14.7 Å². The second-order valence-corrected chi connectivity index (χ2v) is 12.7. The van der Waals surface area contributed by atoms with Gasteiger partial charge < -0.3 is 9.47 Å². The van der Waals surface area contributed by atoms with Crippen LogP contribution in [0.5, 0.6) is 11.5 Å². The fourth-order valence-electron chi connectivity index (χ4n) is 5.67. The van der Waals surface area contributed by atoms with E-state index in [1.807, 2.05) is 30.0 Å². The van der Waals surface area contributed by atoms with Gasteiger partial charge in [0.05, 0.1) is 22.0 Å². The van der Waals surface area contributed by atoms with Crippen molar-refractivity contribution in [3.05, 3.63) is 62.5 Å². The van der Waals surface area contributed by atoms with E-state index in [0.29, 0.717) is 30.8 Å². The lowest BCUT2D eigenvalue weighted by Crippen LogP contribution is -2.41. The largest absolute Gasteiger partial charge is 0.490 e. The number of thioether (sulfide) groups is 1. The number of benzene rings is 2. The van der Waals surface area contributed by atoms with Crippen molar-refractivity contribution in [3.8, 4) is 11.5 Å². The average Bonchev–Trinajstić information content (AvgIpc) is 3.24. The van der Waals surface area contributed by atoms with Gasteiger partial charge in [0.15, 0.2) is 16.7 Å². The quantitative estimate of drug-likeness (QED) is 0.280. The van der Waals surface area contributed by atoms with Crippen LogP contribution in [0.2, 0.25) is 0 Å². The smallest absolute Gasteiger partial charge is 0.266 e. The molecule has 0 radical (unpaired) electrons. The number of hydrogen-bond donors (Lipinski definition) is 0. The summed E-state index contributed by atoms with van der Waals surface area (Å²) < 4.78 is 13.0. The van der Waals surface area contributed by atoms with Crippen LogP contribution >= 0.6 is 27.7 Å². The van der Waals surface area contributed by atoms with Crippen LogP contribution in [-0.4, -0.2) is 34.7 Å². The van der Waals surface area contributed by atoms with Crippen molar-refractivity contribution in [2.24, 2.45) is 4.99 Å². The highest BCUT2D eigenvalue weighted by Gasteiger charge is 2.39.